The molecule has 1 aromatic heterocycles. The van der Waals surface area contributed by atoms with E-state index in [-0.39, 0.29) is 12.1 Å². The van der Waals surface area contributed by atoms with E-state index in [1.165, 1.54) is 4.88 Å². The highest BCUT2D eigenvalue weighted by molar-refractivity contribution is 7.09. The third kappa shape index (κ3) is 4.75. The first-order chi connectivity index (χ1) is 8.17. The number of rotatable bonds is 6. The van der Waals surface area contributed by atoms with Gasteiger partial charge in [-0.2, -0.15) is 0 Å². The SMILES string of the molecule is CCN(Cc1cccs1)C(=O)NC(C)COC. The Kier molecular flexibility index (Phi) is 6.00. The van der Waals surface area contributed by atoms with Gasteiger partial charge in [0.2, 0.25) is 0 Å². The Morgan fingerprint density at radius 1 is 1.65 bits per heavy atom. The van der Waals surface area contributed by atoms with Gasteiger partial charge in [-0.1, -0.05) is 6.07 Å². The van der Waals surface area contributed by atoms with Crippen LogP contribution in [0.5, 0.6) is 0 Å². The van der Waals surface area contributed by atoms with Gasteiger partial charge in [-0.05, 0) is 25.3 Å². The van der Waals surface area contributed by atoms with Crippen LogP contribution in [-0.2, 0) is 11.3 Å². The summed E-state index contributed by atoms with van der Waals surface area (Å²) >= 11 is 1.67. The average Bonchev–Trinajstić information content (AvgIpc) is 2.78. The number of methoxy groups -OCH3 is 1. The second kappa shape index (κ2) is 7.29. The van der Waals surface area contributed by atoms with E-state index in [1.54, 1.807) is 23.3 Å². The van der Waals surface area contributed by atoms with Gasteiger partial charge in [0.05, 0.1) is 19.2 Å². The molecule has 0 spiro atoms. The van der Waals surface area contributed by atoms with Gasteiger partial charge in [0.15, 0.2) is 0 Å². The van der Waals surface area contributed by atoms with Crippen LogP contribution in [0.4, 0.5) is 4.79 Å². The molecule has 96 valence electrons. The van der Waals surface area contributed by atoms with Crippen LogP contribution in [0.3, 0.4) is 0 Å². The van der Waals surface area contributed by atoms with Crippen molar-refractivity contribution in [3.8, 4) is 0 Å². The fourth-order valence-electron chi connectivity index (χ4n) is 1.51. The molecule has 1 atom stereocenters. The summed E-state index contributed by atoms with van der Waals surface area (Å²) in [5.41, 5.74) is 0. The lowest BCUT2D eigenvalue weighted by molar-refractivity contribution is 0.159. The van der Waals surface area contributed by atoms with Gasteiger partial charge >= 0.3 is 6.03 Å². The third-order valence-corrected chi connectivity index (χ3v) is 3.24. The summed E-state index contributed by atoms with van der Waals surface area (Å²) in [5, 5.41) is 4.93. The predicted octanol–water partition coefficient (Wildman–Crippen LogP) is 2.31. The maximum atomic E-state index is 11.9. The molecule has 1 aromatic rings. The number of urea groups is 1. The number of amides is 2. The van der Waals surface area contributed by atoms with Gasteiger partial charge in [-0.15, -0.1) is 11.3 Å². The molecule has 17 heavy (non-hydrogen) atoms. The molecule has 0 radical (unpaired) electrons. The monoisotopic (exact) mass is 256 g/mol. The first kappa shape index (κ1) is 14.0. The van der Waals surface area contributed by atoms with Crippen LogP contribution < -0.4 is 5.32 Å². The van der Waals surface area contributed by atoms with E-state index < -0.39 is 0 Å². The number of thiophene rings is 1. The van der Waals surface area contributed by atoms with Crippen molar-refractivity contribution in [2.24, 2.45) is 0 Å². The van der Waals surface area contributed by atoms with Crippen LogP contribution in [0.25, 0.3) is 0 Å². The standard InChI is InChI=1S/C12H20N2O2S/c1-4-14(8-11-6-5-7-17-11)12(15)13-10(2)9-16-3/h5-7,10H,4,8-9H2,1-3H3,(H,13,15). The molecule has 0 aliphatic heterocycles. The zero-order chi connectivity index (χ0) is 12.7. The molecule has 0 saturated heterocycles. The number of nitrogens with one attached hydrogen (secondary N) is 1. The molecule has 2 amide bonds. The van der Waals surface area contributed by atoms with Crippen molar-refractivity contribution in [1.29, 1.82) is 0 Å². The number of carbonyl (C=O) groups is 1. The lowest BCUT2D eigenvalue weighted by Gasteiger charge is -2.23. The highest BCUT2D eigenvalue weighted by atomic mass is 32.1. The molecular weight excluding hydrogens is 236 g/mol. The minimum atomic E-state index is -0.0366. The van der Waals surface area contributed by atoms with E-state index in [9.17, 15) is 4.79 Å². The van der Waals surface area contributed by atoms with Crippen molar-refractivity contribution in [2.45, 2.75) is 26.4 Å². The normalized spacial score (nSPS) is 12.2. The second-order valence-electron chi connectivity index (χ2n) is 3.90. The molecular formula is C12H20N2O2S. The van der Waals surface area contributed by atoms with Crippen LogP contribution in [0.15, 0.2) is 17.5 Å². The summed E-state index contributed by atoms with van der Waals surface area (Å²) in [7, 11) is 1.63. The zero-order valence-electron chi connectivity index (χ0n) is 10.6. The lowest BCUT2D eigenvalue weighted by Crippen LogP contribution is -2.44. The first-order valence-electron chi connectivity index (χ1n) is 5.74. The molecule has 0 saturated carbocycles. The Balaban J connectivity index is 2.46. The lowest BCUT2D eigenvalue weighted by atomic mass is 10.3. The highest BCUT2D eigenvalue weighted by Crippen LogP contribution is 2.11. The Labute approximate surface area is 107 Å². The number of hydrogen-bond donors (Lipinski definition) is 1. The van der Waals surface area contributed by atoms with Gasteiger partial charge < -0.3 is 15.0 Å². The molecule has 4 nitrogen and oxygen atoms in total. The zero-order valence-corrected chi connectivity index (χ0v) is 11.4. The van der Waals surface area contributed by atoms with Crippen molar-refractivity contribution in [2.75, 3.05) is 20.3 Å². The van der Waals surface area contributed by atoms with Crippen LogP contribution in [0.1, 0.15) is 18.7 Å². The van der Waals surface area contributed by atoms with E-state index in [1.807, 2.05) is 31.4 Å². The highest BCUT2D eigenvalue weighted by Gasteiger charge is 2.14. The molecule has 1 N–H and O–H groups in total. The number of carbonyl (C=O) groups excluding carboxylic acids is 1. The maximum absolute atomic E-state index is 11.9. The summed E-state index contributed by atoms with van der Waals surface area (Å²) < 4.78 is 4.99. The second-order valence-corrected chi connectivity index (χ2v) is 4.93. The molecule has 0 fully saturated rings. The van der Waals surface area contributed by atoms with Crippen molar-refractivity contribution in [3.05, 3.63) is 22.4 Å². The quantitative estimate of drug-likeness (QED) is 0.848. The minimum absolute atomic E-state index is 0.0323. The van der Waals surface area contributed by atoms with Crippen LogP contribution in [-0.4, -0.2) is 37.2 Å². The minimum Gasteiger partial charge on any atom is -0.383 e. The molecule has 1 unspecified atom stereocenters. The number of hydrogen-bond acceptors (Lipinski definition) is 3. The average molecular weight is 256 g/mol. The van der Waals surface area contributed by atoms with Gasteiger partial charge in [-0.3, -0.25) is 0 Å². The van der Waals surface area contributed by atoms with E-state index >= 15 is 0 Å². The number of nitrogens with zero attached hydrogens (tertiary/aromatic N) is 1. The fraction of sp³-hybridized carbons (Fsp3) is 0.583. The number of ether oxygens (including phenoxy) is 1. The third-order valence-electron chi connectivity index (χ3n) is 2.38. The predicted molar refractivity (Wildman–Crippen MR) is 70.3 cm³/mol. The van der Waals surface area contributed by atoms with E-state index in [4.69, 9.17) is 4.74 Å². The molecule has 0 bridgehead atoms. The van der Waals surface area contributed by atoms with Crippen molar-refractivity contribution in [1.82, 2.24) is 10.2 Å². The summed E-state index contributed by atoms with van der Waals surface area (Å²) in [5.74, 6) is 0. The Hall–Kier alpha value is -1.07. The largest absolute Gasteiger partial charge is 0.383 e. The van der Waals surface area contributed by atoms with E-state index in [0.717, 1.165) is 0 Å². The van der Waals surface area contributed by atoms with Gasteiger partial charge in [0.1, 0.15) is 0 Å². The van der Waals surface area contributed by atoms with Gasteiger partial charge in [0.25, 0.3) is 0 Å². The summed E-state index contributed by atoms with van der Waals surface area (Å²) in [6.07, 6.45) is 0. The van der Waals surface area contributed by atoms with Crippen LogP contribution in [0.2, 0.25) is 0 Å². The van der Waals surface area contributed by atoms with E-state index in [2.05, 4.69) is 5.32 Å². The Bertz CT molecular complexity index is 327. The topological polar surface area (TPSA) is 41.6 Å². The molecule has 0 aliphatic carbocycles. The van der Waals surface area contributed by atoms with Gasteiger partial charge in [-0.25, -0.2) is 4.79 Å². The Morgan fingerprint density at radius 2 is 2.41 bits per heavy atom. The van der Waals surface area contributed by atoms with Crippen LogP contribution >= 0.6 is 11.3 Å². The molecule has 0 aromatic carbocycles. The maximum Gasteiger partial charge on any atom is 0.318 e. The molecule has 0 aliphatic rings. The fourth-order valence-corrected chi connectivity index (χ4v) is 2.23. The summed E-state index contributed by atoms with van der Waals surface area (Å²) in [6, 6.07) is 4.04. The molecule has 1 heterocycles. The Morgan fingerprint density at radius 3 is 2.94 bits per heavy atom. The molecule has 5 heteroatoms. The van der Waals surface area contributed by atoms with Crippen LogP contribution in [0, 0.1) is 0 Å². The van der Waals surface area contributed by atoms with Gasteiger partial charge in [0, 0.05) is 18.5 Å². The summed E-state index contributed by atoms with van der Waals surface area (Å²) in [6.45, 7) is 5.81. The van der Waals surface area contributed by atoms with E-state index in [0.29, 0.717) is 19.7 Å². The van der Waals surface area contributed by atoms with Crippen molar-refractivity contribution < 1.29 is 9.53 Å². The first-order valence-corrected chi connectivity index (χ1v) is 6.62. The summed E-state index contributed by atoms with van der Waals surface area (Å²) in [4.78, 5) is 14.9. The molecule has 1 rings (SSSR count). The van der Waals surface area contributed by atoms with Crippen molar-refractivity contribution in [3.63, 3.8) is 0 Å². The van der Waals surface area contributed by atoms with Crippen molar-refractivity contribution >= 4 is 17.4 Å². The smallest absolute Gasteiger partial charge is 0.318 e.